The van der Waals surface area contributed by atoms with Crippen LogP contribution in [0.3, 0.4) is 0 Å². The van der Waals surface area contributed by atoms with Crippen LogP contribution >= 0.6 is 11.8 Å². The number of carbonyl (C=O) groups excluding carboxylic acids is 1. The van der Waals surface area contributed by atoms with E-state index in [9.17, 15) is 17.6 Å². The summed E-state index contributed by atoms with van der Waals surface area (Å²) in [6.07, 6.45) is 2.77. The maximum absolute atomic E-state index is 13.4. The molecule has 0 aliphatic carbocycles. The van der Waals surface area contributed by atoms with Crippen molar-refractivity contribution in [2.24, 2.45) is 4.99 Å². The summed E-state index contributed by atoms with van der Waals surface area (Å²) >= 11 is 1.16. The number of amidine groups is 2. The maximum atomic E-state index is 13.4. The summed E-state index contributed by atoms with van der Waals surface area (Å²) in [5.41, 5.74) is 4.00. The maximum Gasteiger partial charge on any atom is 0.283 e. The van der Waals surface area contributed by atoms with Crippen molar-refractivity contribution in [3.63, 3.8) is 0 Å². The number of benzene rings is 2. The number of hydrogen-bond acceptors (Lipinski definition) is 5. The summed E-state index contributed by atoms with van der Waals surface area (Å²) in [5, 5.41) is 9.08. The molecule has 10 heteroatoms. The molecule has 1 aromatic heterocycles. The molecule has 3 heterocycles. The number of rotatable bonds is 3. The van der Waals surface area contributed by atoms with Crippen LogP contribution in [0.5, 0.6) is 0 Å². The molecular weight excluding hydrogens is 475 g/mol. The SMILES string of the molecule is Cc1cc(C=C2C(=N)N3C(=NC2=O)Sc2cc(S(C)(=O)=O)ccc23)c(C)n1-c1ccc(F)cc1. The minimum absolute atomic E-state index is 0.0278. The Morgan fingerprint density at radius 2 is 1.79 bits per heavy atom. The molecule has 0 saturated carbocycles. The van der Waals surface area contributed by atoms with E-state index < -0.39 is 15.7 Å². The molecule has 1 N–H and O–H groups in total. The highest BCUT2D eigenvalue weighted by molar-refractivity contribution is 8.15. The van der Waals surface area contributed by atoms with Gasteiger partial charge in [-0.25, -0.2) is 12.8 Å². The summed E-state index contributed by atoms with van der Waals surface area (Å²) in [6.45, 7) is 3.80. The number of aryl methyl sites for hydroxylation is 1. The first-order valence-electron chi connectivity index (χ1n) is 10.3. The van der Waals surface area contributed by atoms with Crippen molar-refractivity contribution in [2.45, 2.75) is 23.6 Å². The van der Waals surface area contributed by atoms with Gasteiger partial charge in [0.15, 0.2) is 15.0 Å². The first-order valence-corrected chi connectivity index (χ1v) is 13.0. The van der Waals surface area contributed by atoms with Crippen molar-refractivity contribution >= 4 is 50.3 Å². The van der Waals surface area contributed by atoms with Crippen molar-refractivity contribution < 1.29 is 17.6 Å². The molecule has 3 aromatic rings. The normalized spacial score (nSPS) is 16.6. The van der Waals surface area contributed by atoms with E-state index in [1.54, 1.807) is 29.2 Å². The number of carbonyl (C=O) groups is 1. The van der Waals surface area contributed by atoms with Gasteiger partial charge in [-0.05, 0) is 85.8 Å². The predicted octanol–water partition coefficient (Wildman–Crippen LogP) is 4.51. The molecule has 2 aliphatic rings. The third-order valence-electron chi connectivity index (χ3n) is 5.75. The Hall–Kier alpha value is -3.50. The quantitative estimate of drug-likeness (QED) is 0.541. The second-order valence-electron chi connectivity index (χ2n) is 8.08. The Morgan fingerprint density at radius 1 is 1.09 bits per heavy atom. The van der Waals surface area contributed by atoms with E-state index >= 15 is 0 Å². The number of nitrogens with one attached hydrogen (secondary N) is 1. The highest BCUT2D eigenvalue weighted by Gasteiger charge is 2.38. The van der Waals surface area contributed by atoms with E-state index in [0.29, 0.717) is 15.8 Å². The zero-order chi connectivity index (χ0) is 24.4. The number of sulfone groups is 1. The fraction of sp³-hybridized carbons (Fsp3) is 0.125. The molecule has 7 nitrogen and oxygen atoms in total. The smallest absolute Gasteiger partial charge is 0.283 e. The summed E-state index contributed by atoms with van der Waals surface area (Å²) in [4.78, 5) is 19.4. The lowest BCUT2D eigenvalue weighted by atomic mass is 10.1. The van der Waals surface area contributed by atoms with Gasteiger partial charge in [0.1, 0.15) is 11.7 Å². The molecule has 0 spiro atoms. The zero-order valence-electron chi connectivity index (χ0n) is 18.5. The Morgan fingerprint density at radius 3 is 2.47 bits per heavy atom. The molecule has 0 fully saturated rings. The second kappa shape index (κ2) is 7.78. The van der Waals surface area contributed by atoms with Gasteiger partial charge in [-0.3, -0.25) is 15.1 Å². The number of halogens is 1. The van der Waals surface area contributed by atoms with Gasteiger partial charge < -0.3 is 4.57 Å². The van der Waals surface area contributed by atoms with Crippen molar-refractivity contribution in [2.75, 3.05) is 11.2 Å². The molecule has 0 saturated heterocycles. The van der Waals surface area contributed by atoms with E-state index in [2.05, 4.69) is 4.99 Å². The Bertz CT molecular complexity index is 1570. The fourth-order valence-electron chi connectivity index (χ4n) is 4.10. The number of hydrogen-bond donors (Lipinski definition) is 1. The molecule has 0 atom stereocenters. The van der Waals surface area contributed by atoms with Crippen molar-refractivity contribution in [3.05, 3.63) is 76.9 Å². The number of fused-ring (bicyclic) bond motifs is 3. The van der Waals surface area contributed by atoms with Crippen molar-refractivity contribution in [1.29, 1.82) is 5.41 Å². The minimum Gasteiger partial charge on any atom is -0.318 e. The molecule has 2 aliphatic heterocycles. The zero-order valence-corrected chi connectivity index (χ0v) is 20.1. The highest BCUT2D eigenvalue weighted by atomic mass is 32.2. The molecule has 5 rings (SSSR count). The monoisotopic (exact) mass is 494 g/mol. The molecule has 0 bridgehead atoms. The average molecular weight is 495 g/mol. The summed E-state index contributed by atoms with van der Waals surface area (Å²) in [7, 11) is -3.39. The first kappa shape index (κ1) is 22.3. The van der Waals surface area contributed by atoms with E-state index in [4.69, 9.17) is 5.41 Å². The lowest BCUT2D eigenvalue weighted by molar-refractivity contribution is -0.113. The van der Waals surface area contributed by atoms with Crippen LogP contribution in [0.2, 0.25) is 0 Å². The van der Waals surface area contributed by atoms with E-state index in [-0.39, 0.29) is 22.1 Å². The van der Waals surface area contributed by atoms with Gasteiger partial charge in [0.25, 0.3) is 5.91 Å². The first-order chi connectivity index (χ1) is 16.0. The van der Waals surface area contributed by atoms with Crippen molar-refractivity contribution in [1.82, 2.24) is 4.57 Å². The molecular formula is C24H19FN4O3S2. The van der Waals surface area contributed by atoms with Gasteiger partial charge in [0, 0.05) is 28.2 Å². The van der Waals surface area contributed by atoms with Gasteiger partial charge in [-0.1, -0.05) is 0 Å². The van der Waals surface area contributed by atoms with Crippen LogP contribution in [0, 0.1) is 25.1 Å². The number of aliphatic imine (C=N–C) groups is 1. The van der Waals surface area contributed by atoms with E-state index in [1.807, 2.05) is 24.5 Å². The fourth-order valence-corrected chi connectivity index (χ4v) is 5.88. The van der Waals surface area contributed by atoms with Crippen molar-refractivity contribution in [3.8, 4) is 5.69 Å². The van der Waals surface area contributed by atoms with Gasteiger partial charge >= 0.3 is 0 Å². The van der Waals surface area contributed by atoms with Crippen LogP contribution in [0.25, 0.3) is 11.8 Å². The number of anilines is 1. The summed E-state index contributed by atoms with van der Waals surface area (Å²) < 4.78 is 39.2. The van der Waals surface area contributed by atoms with Gasteiger partial charge in [0.2, 0.25) is 0 Å². The van der Waals surface area contributed by atoms with Gasteiger partial charge in [-0.15, -0.1) is 0 Å². The summed E-state index contributed by atoms with van der Waals surface area (Å²) in [6, 6.07) is 12.7. The third kappa shape index (κ3) is 3.59. The largest absolute Gasteiger partial charge is 0.318 e. The van der Waals surface area contributed by atoms with Crippen LogP contribution < -0.4 is 4.90 Å². The average Bonchev–Trinajstić information content (AvgIpc) is 3.27. The second-order valence-corrected chi connectivity index (χ2v) is 11.1. The lowest BCUT2D eigenvalue weighted by Gasteiger charge is -2.24. The number of thioether (sulfide) groups is 1. The molecule has 172 valence electrons. The summed E-state index contributed by atoms with van der Waals surface area (Å²) in [5.74, 6) is -0.887. The molecule has 2 aromatic carbocycles. The molecule has 1 amide bonds. The standard InChI is InChI=1S/C24H19FN4O3S2/c1-13-10-15(14(2)28(13)17-6-4-16(25)5-7-17)11-19-22(26)29-20-9-8-18(34(3,31)32)12-21(20)33-24(29)27-23(19)30/h4-12,26H,1-3H3. The van der Waals surface area contributed by atoms with E-state index in [1.165, 1.54) is 24.3 Å². The highest BCUT2D eigenvalue weighted by Crippen LogP contribution is 2.44. The third-order valence-corrected chi connectivity index (χ3v) is 7.87. The molecule has 34 heavy (non-hydrogen) atoms. The Balaban J connectivity index is 1.56. The van der Waals surface area contributed by atoms with Crippen LogP contribution in [-0.4, -0.2) is 36.2 Å². The van der Waals surface area contributed by atoms with Crippen LogP contribution in [0.4, 0.5) is 10.1 Å². The molecule has 0 unspecified atom stereocenters. The predicted molar refractivity (Wildman–Crippen MR) is 131 cm³/mol. The molecule has 0 radical (unpaired) electrons. The van der Waals surface area contributed by atoms with Crippen LogP contribution in [0.15, 0.2) is 68.9 Å². The minimum atomic E-state index is -3.39. The van der Waals surface area contributed by atoms with Crippen LogP contribution in [0.1, 0.15) is 17.0 Å². The van der Waals surface area contributed by atoms with Crippen LogP contribution in [-0.2, 0) is 14.6 Å². The number of amides is 1. The Kier molecular flexibility index (Phi) is 5.10. The van der Waals surface area contributed by atoms with Gasteiger partial charge in [0.05, 0.1) is 16.2 Å². The topological polar surface area (TPSA) is 95.6 Å². The number of aromatic nitrogens is 1. The van der Waals surface area contributed by atoms with Gasteiger partial charge in [-0.2, -0.15) is 4.99 Å². The lowest BCUT2D eigenvalue weighted by Crippen LogP contribution is -2.39. The van der Waals surface area contributed by atoms with E-state index in [0.717, 1.165) is 40.7 Å². The number of nitrogens with zero attached hydrogens (tertiary/aromatic N) is 3. The Labute approximate surface area is 200 Å².